The summed E-state index contributed by atoms with van der Waals surface area (Å²) in [4.78, 5) is 18.6. The van der Waals surface area contributed by atoms with E-state index in [0.29, 0.717) is 6.42 Å². The van der Waals surface area contributed by atoms with Gasteiger partial charge in [-0.15, -0.1) is 0 Å². The number of morpholine rings is 1. The van der Waals surface area contributed by atoms with Crippen LogP contribution in [0.15, 0.2) is 18.2 Å². The SMILES string of the molecule is CCc1cccc2c(CC(=O)N[C@@H](CC)CN3CCOCC3)c(C)[nH]c12. The molecule has 5 heteroatoms. The lowest BCUT2D eigenvalue weighted by Crippen LogP contribution is -2.47. The molecule has 1 atom stereocenters. The number of amides is 1. The van der Waals surface area contributed by atoms with Crippen LogP contribution < -0.4 is 5.32 Å². The van der Waals surface area contributed by atoms with Crippen molar-refractivity contribution >= 4 is 16.8 Å². The van der Waals surface area contributed by atoms with Crippen LogP contribution in [0.1, 0.15) is 37.1 Å². The number of fused-ring (bicyclic) bond motifs is 1. The average Bonchev–Trinajstić information content (AvgIpc) is 2.97. The number of aryl methyl sites for hydroxylation is 2. The lowest BCUT2D eigenvalue weighted by molar-refractivity contribution is -0.121. The van der Waals surface area contributed by atoms with Gasteiger partial charge in [-0.2, -0.15) is 0 Å². The summed E-state index contributed by atoms with van der Waals surface area (Å²) < 4.78 is 5.41. The summed E-state index contributed by atoms with van der Waals surface area (Å²) in [5.41, 5.74) is 4.69. The number of H-pyrrole nitrogens is 1. The minimum atomic E-state index is 0.107. The number of nitrogens with zero attached hydrogens (tertiary/aromatic N) is 1. The number of hydrogen-bond acceptors (Lipinski definition) is 3. The third kappa shape index (κ3) is 4.27. The van der Waals surface area contributed by atoms with Crippen molar-refractivity contribution in [2.24, 2.45) is 0 Å². The minimum absolute atomic E-state index is 0.107. The molecule has 1 fully saturated rings. The summed E-state index contributed by atoms with van der Waals surface area (Å²) in [6, 6.07) is 6.55. The summed E-state index contributed by atoms with van der Waals surface area (Å²) in [5.74, 6) is 0.107. The van der Waals surface area contributed by atoms with Crippen LogP contribution in [0.5, 0.6) is 0 Å². The van der Waals surface area contributed by atoms with Crippen LogP contribution in [0.2, 0.25) is 0 Å². The molecule has 26 heavy (non-hydrogen) atoms. The van der Waals surface area contributed by atoms with Crippen LogP contribution in [-0.2, 0) is 22.4 Å². The number of rotatable bonds is 7. The number of aromatic amines is 1. The van der Waals surface area contributed by atoms with E-state index in [-0.39, 0.29) is 11.9 Å². The molecule has 2 aromatic rings. The molecule has 142 valence electrons. The van der Waals surface area contributed by atoms with Gasteiger partial charge in [-0.05, 0) is 30.9 Å². The molecule has 2 N–H and O–H groups in total. The monoisotopic (exact) mass is 357 g/mol. The Kier molecular flexibility index (Phi) is 6.33. The lowest BCUT2D eigenvalue weighted by atomic mass is 10.0. The van der Waals surface area contributed by atoms with E-state index in [1.54, 1.807) is 0 Å². The van der Waals surface area contributed by atoms with Crippen LogP contribution in [0.4, 0.5) is 0 Å². The highest BCUT2D eigenvalue weighted by molar-refractivity contribution is 5.91. The molecule has 0 spiro atoms. The molecule has 0 unspecified atom stereocenters. The first kappa shape index (κ1) is 18.9. The van der Waals surface area contributed by atoms with Crippen molar-refractivity contribution in [3.63, 3.8) is 0 Å². The zero-order chi connectivity index (χ0) is 18.5. The summed E-state index contributed by atoms with van der Waals surface area (Å²) in [6.07, 6.45) is 2.36. The van der Waals surface area contributed by atoms with Crippen molar-refractivity contribution in [2.75, 3.05) is 32.8 Å². The molecule has 1 aromatic heterocycles. The number of ether oxygens (including phenoxy) is 1. The molecule has 1 aliphatic rings. The van der Waals surface area contributed by atoms with Gasteiger partial charge >= 0.3 is 0 Å². The molecular weight excluding hydrogens is 326 g/mol. The molecule has 3 rings (SSSR count). The molecule has 1 aliphatic heterocycles. The third-order valence-electron chi connectivity index (χ3n) is 5.40. The fourth-order valence-electron chi connectivity index (χ4n) is 3.80. The summed E-state index contributed by atoms with van der Waals surface area (Å²) in [6.45, 7) is 10.7. The fourth-order valence-corrected chi connectivity index (χ4v) is 3.80. The highest BCUT2D eigenvalue weighted by Gasteiger charge is 2.19. The van der Waals surface area contributed by atoms with Crippen LogP contribution in [0.3, 0.4) is 0 Å². The number of nitrogens with one attached hydrogen (secondary N) is 2. The first-order chi connectivity index (χ1) is 12.6. The normalized spacial score (nSPS) is 16.7. The predicted molar refractivity (Wildman–Crippen MR) is 106 cm³/mol. The molecule has 2 heterocycles. The Hall–Kier alpha value is -1.85. The molecule has 0 bridgehead atoms. The van der Waals surface area contributed by atoms with Crippen molar-refractivity contribution in [3.8, 4) is 0 Å². The molecule has 0 saturated carbocycles. The molecule has 0 aliphatic carbocycles. The van der Waals surface area contributed by atoms with E-state index in [9.17, 15) is 4.79 Å². The third-order valence-corrected chi connectivity index (χ3v) is 5.40. The maximum absolute atomic E-state index is 12.7. The van der Waals surface area contributed by atoms with E-state index in [1.807, 2.05) is 0 Å². The van der Waals surface area contributed by atoms with Crippen LogP contribution in [-0.4, -0.2) is 54.7 Å². The molecule has 0 radical (unpaired) electrons. The number of para-hydroxylation sites is 1. The maximum atomic E-state index is 12.7. The first-order valence-corrected chi connectivity index (χ1v) is 9.80. The van der Waals surface area contributed by atoms with E-state index < -0.39 is 0 Å². The molecule has 5 nitrogen and oxygen atoms in total. The van der Waals surface area contributed by atoms with Gasteiger partial charge in [0.25, 0.3) is 0 Å². The molecule has 1 saturated heterocycles. The highest BCUT2D eigenvalue weighted by atomic mass is 16.5. The Balaban J connectivity index is 1.67. The van der Waals surface area contributed by atoms with E-state index in [1.165, 1.54) is 16.5 Å². The average molecular weight is 357 g/mol. The first-order valence-electron chi connectivity index (χ1n) is 9.80. The van der Waals surface area contributed by atoms with E-state index in [0.717, 1.165) is 56.9 Å². The van der Waals surface area contributed by atoms with Gasteiger partial charge < -0.3 is 15.0 Å². The van der Waals surface area contributed by atoms with Gasteiger partial charge in [-0.1, -0.05) is 32.0 Å². The predicted octanol–water partition coefficient (Wildman–Crippen LogP) is 2.81. The Morgan fingerprint density at radius 2 is 2.08 bits per heavy atom. The van der Waals surface area contributed by atoms with Crippen molar-refractivity contribution in [2.45, 2.75) is 46.1 Å². The summed E-state index contributed by atoms with van der Waals surface area (Å²) in [7, 11) is 0. The van der Waals surface area contributed by atoms with Crippen LogP contribution >= 0.6 is 0 Å². The largest absolute Gasteiger partial charge is 0.379 e. The van der Waals surface area contributed by atoms with E-state index in [2.05, 4.69) is 54.2 Å². The number of carbonyl (C=O) groups is 1. The van der Waals surface area contributed by atoms with E-state index in [4.69, 9.17) is 4.74 Å². The fraction of sp³-hybridized carbons (Fsp3) is 0.571. The zero-order valence-corrected chi connectivity index (χ0v) is 16.2. The maximum Gasteiger partial charge on any atom is 0.224 e. The second-order valence-corrected chi connectivity index (χ2v) is 7.18. The second kappa shape index (κ2) is 8.69. The number of benzene rings is 1. The molecular formula is C21H31N3O2. The van der Waals surface area contributed by atoms with Gasteiger partial charge in [0.1, 0.15) is 0 Å². The van der Waals surface area contributed by atoms with Crippen molar-refractivity contribution in [3.05, 3.63) is 35.0 Å². The number of carbonyl (C=O) groups excluding carboxylic acids is 1. The molecule has 1 amide bonds. The van der Waals surface area contributed by atoms with Gasteiger partial charge in [0.05, 0.1) is 19.6 Å². The lowest BCUT2D eigenvalue weighted by Gasteiger charge is -2.30. The Morgan fingerprint density at radius 3 is 2.77 bits per heavy atom. The van der Waals surface area contributed by atoms with Gasteiger partial charge in [0, 0.05) is 42.3 Å². The van der Waals surface area contributed by atoms with Gasteiger partial charge in [-0.3, -0.25) is 9.69 Å². The second-order valence-electron chi connectivity index (χ2n) is 7.18. The van der Waals surface area contributed by atoms with Gasteiger partial charge in [0.2, 0.25) is 5.91 Å². The Morgan fingerprint density at radius 1 is 1.31 bits per heavy atom. The molecule has 1 aromatic carbocycles. The van der Waals surface area contributed by atoms with Gasteiger partial charge in [-0.25, -0.2) is 0 Å². The summed E-state index contributed by atoms with van der Waals surface area (Å²) >= 11 is 0. The van der Waals surface area contributed by atoms with Crippen molar-refractivity contribution in [1.29, 1.82) is 0 Å². The summed E-state index contributed by atoms with van der Waals surface area (Å²) in [5, 5.41) is 4.42. The van der Waals surface area contributed by atoms with E-state index >= 15 is 0 Å². The smallest absolute Gasteiger partial charge is 0.224 e. The number of aromatic nitrogens is 1. The Labute approximate surface area is 156 Å². The van der Waals surface area contributed by atoms with Crippen LogP contribution in [0.25, 0.3) is 10.9 Å². The van der Waals surface area contributed by atoms with Crippen LogP contribution in [0, 0.1) is 6.92 Å². The van der Waals surface area contributed by atoms with Gasteiger partial charge in [0.15, 0.2) is 0 Å². The number of hydrogen-bond donors (Lipinski definition) is 2. The van der Waals surface area contributed by atoms with Crippen molar-refractivity contribution < 1.29 is 9.53 Å². The quantitative estimate of drug-likeness (QED) is 0.801. The Bertz CT molecular complexity index is 747. The topological polar surface area (TPSA) is 57.4 Å². The highest BCUT2D eigenvalue weighted by Crippen LogP contribution is 2.25. The van der Waals surface area contributed by atoms with Crippen molar-refractivity contribution in [1.82, 2.24) is 15.2 Å². The standard InChI is InChI=1S/C21H31N3O2/c1-4-16-7-6-8-18-19(15(3)22-21(16)18)13-20(25)23-17(5-2)14-24-9-11-26-12-10-24/h6-8,17,22H,4-5,9-14H2,1-3H3,(H,23,25)/t17-/m0/s1. The zero-order valence-electron chi connectivity index (χ0n) is 16.2. The minimum Gasteiger partial charge on any atom is -0.379 e.